The lowest BCUT2D eigenvalue weighted by molar-refractivity contribution is 0.416. The normalized spacial score (nSPS) is 11.5. The highest BCUT2D eigenvalue weighted by atomic mass is 35.5. The van der Waals surface area contributed by atoms with E-state index in [0.717, 1.165) is 16.9 Å². The summed E-state index contributed by atoms with van der Waals surface area (Å²) < 4.78 is 7.21. The second kappa shape index (κ2) is 5.77. The molecule has 6 heteroatoms. The highest BCUT2D eigenvalue weighted by Gasteiger charge is 2.09. The SMILES string of the molecule is COc1cc(Cl)c(C)cc1N=Nc1c(C)nc2ccccn12. The van der Waals surface area contributed by atoms with Crippen LogP contribution >= 0.6 is 11.6 Å². The summed E-state index contributed by atoms with van der Waals surface area (Å²) in [6.45, 7) is 3.83. The van der Waals surface area contributed by atoms with E-state index in [2.05, 4.69) is 15.2 Å². The number of fused-ring (bicyclic) bond motifs is 1. The number of rotatable bonds is 3. The Balaban J connectivity index is 2.07. The Labute approximate surface area is 133 Å². The summed E-state index contributed by atoms with van der Waals surface area (Å²) in [4.78, 5) is 4.46. The van der Waals surface area contributed by atoms with Gasteiger partial charge in [0.05, 0.1) is 12.8 Å². The number of imidazole rings is 1. The summed E-state index contributed by atoms with van der Waals surface area (Å²) in [5.74, 6) is 1.29. The Bertz CT molecular complexity index is 870. The molecule has 0 fully saturated rings. The van der Waals surface area contributed by atoms with Crippen molar-refractivity contribution in [2.24, 2.45) is 10.2 Å². The molecule has 2 heterocycles. The maximum absolute atomic E-state index is 6.10. The summed E-state index contributed by atoms with van der Waals surface area (Å²) in [6, 6.07) is 9.39. The van der Waals surface area contributed by atoms with Gasteiger partial charge in [0.25, 0.3) is 0 Å². The molecular formula is C16H15ClN4O. The Morgan fingerprint density at radius 3 is 2.77 bits per heavy atom. The molecule has 3 rings (SSSR count). The van der Waals surface area contributed by atoms with Crippen LogP contribution in [-0.2, 0) is 0 Å². The fraction of sp³-hybridized carbons (Fsp3) is 0.188. The summed E-state index contributed by atoms with van der Waals surface area (Å²) in [5, 5.41) is 9.30. The summed E-state index contributed by atoms with van der Waals surface area (Å²) in [6.07, 6.45) is 1.91. The smallest absolute Gasteiger partial charge is 0.182 e. The molecule has 22 heavy (non-hydrogen) atoms. The van der Waals surface area contributed by atoms with Crippen molar-refractivity contribution >= 4 is 28.8 Å². The van der Waals surface area contributed by atoms with Crippen LogP contribution in [0.1, 0.15) is 11.3 Å². The zero-order valence-corrected chi connectivity index (χ0v) is 13.3. The molecule has 0 aliphatic rings. The van der Waals surface area contributed by atoms with Crippen LogP contribution in [0, 0.1) is 13.8 Å². The van der Waals surface area contributed by atoms with Crippen LogP contribution in [0.3, 0.4) is 0 Å². The molecule has 1 aromatic carbocycles. The van der Waals surface area contributed by atoms with Gasteiger partial charge in [0.15, 0.2) is 5.82 Å². The fourth-order valence-corrected chi connectivity index (χ4v) is 2.37. The first-order valence-corrected chi connectivity index (χ1v) is 7.17. The Morgan fingerprint density at radius 1 is 1.18 bits per heavy atom. The van der Waals surface area contributed by atoms with E-state index >= 15 is 0 Å². The van der Waals surface area contributed by atoms with Gasteiger partial charge in [-0.1, -0.05) is 17.7 Å². The van der Waals surface area contributed by atoms with Crippen molar-refractivity contribution in [2.75, 3.05) is 7.11 Å². The number of methoxy groups -OCH3 is 1. The maximum atomic E-state index is 6.10. The number of nitrogens with zero attached hydrogens (tertiary/aromatic N) is 4. The van der Waals surface area contributed by atoms with Gasteiger partial charge in [-0.3, -0.25) is 4.40 Å². The van der Waals surface area contributed by atoms with Crippen LogP contribution in [0.4, 0.5) is 11.5 Å². The topological polar surface area (TPSA) is 51.2 Å². The monoisotopic (exact) mass is 314 g/mol. The molecule has 3 aromatic rings. The molecule has 0 radical (unpaired) electrons. The summed E-state index contributed by atoms with van der Waals surface area (Å²) >= 11 is 6.10. The molecule has 5 nitrogen and oxygen atoms in total. The predicted octanol–water partition coefficient (Wildman–Crippen LogP) is 5.03. The number of aryl methyl sites for hydroxylation is 2. The van der Waals surface area contributed by atoms with E-state index in [0.29, 0.717) is 22.3 Å². The average Bonchev–Trinajstić information content (AvgIpc) is 2.83. The average molecular weight is 315 g/mol. The van der Waals surface area contributed by atoms with E-state index in [1.54, 1.807) is 13.2 Å². The van der Waals surface area contributed by atoms with Crippen molar-refractivity contribution in [3.05, 3.63) is 52.8 Å². The van der Waals surface area contributed by atoms with Gasteiger partial charge in [-0.15, -0.1) is 10.2 Å². The first kappa shape index (κ1) is 14.5. The van der Waals surface area contributed by atoms with Gasteiger partial charge in [0.2, 0.25) is 0 Å². The van der Waals surface area contributed by atoms with E-state index in [1.807, 2.05) is 48.7 Å². The third-order valence-corrected chi connectivity index (χ3v) is 3.79. The minimum absolute atomic E-state index is 0.589. The lowest BCUT2D eigenvalue weighted by Gasteiger charge is -2.06. The molecule has 0 amide bonds. The molecule has 0 bridgehead atoms. The molecule has 0 aliphatic heterocycles. The minimum atomic E-state index is 0.589. The van der Waals surface area contributed by atoms with Gasteiger partial charge in [0, 0.05) is 17.3 Å². The largest absolute Gasteiger partial charge is 0.494 e. The van der Waals surface area contributed by atoms with Crippen molar-refractivity contribution in [1.82, 2.24) is 9.38 Å². The summed E-state index contributed by atoms with van der Waals surface area (Å²) in [7, 11) is 1.58. The van der Waals surface area contributed by atoms with Crippen molar-refractivity contribution in [1.29, 1.82) is 0 Å². The van der Waals surface area contributed by atoms with Crippen molar-refractivity contribution < 1.29 is 4.74 Å². The predicted molar refractivity (Wildman–Crippen MR) is 86.8 cm³/mol. The van der Waals surface area contributed by atoms with Crippen molar-refractivity contribution in [3.8, 4) is 5.75 Å². The van der Waals surface area contributed by atoms with E-state index in [1.165, 1.54) is 0 Å². The Kier molecular flexibility index (Phi) is 3.81. The lowest BCUT2D eigenvalue weighted by atomic mass is 10.2. The number of aromatic nitrogens is 2. The Morgan fingerprint density at radius 2 is 2.00 bits per heavy atom. The molecule has 0 saturated carbocycles. The van der Waals surface area contributed by atoms with Gasteiger partial charge in [0.1, 0.15) is 17.1 Å². The van der Waals surface area contributed by atoms with Gasteiger partial charge in [-0.2, -0.15) is 0 Å². The molecular weight excluding hydrogens is 300 g/mol. The van der Waals surface area contributed by atoms with Crippen LogP contribution in [0.15, 0.2) is 46.8 Å². The number of pyridine rings is 1. The van der Waals surface area contributed by atoms with E-state index in [-0.39, 0.29) is 0 Å². The highest BCUT2D eigenvalue weighted by Crippen LogP contribution is 2.34. The lowest BCUT2D eigenvalue weighted by Crippen LogP contribution is -1.85. The van der Waals surface area contributed by atoms with E-state index in [9.17, 15) is 0 Å². The standard InChI is InChI=1S/C16H15ClN4O/c1-10-8-13(14(22-3)9-12(10)17)19-20-16-11(2)18-15-6-4-5-7-21(15)16/h4-9H,1-3H3. The number of halogens is 1. The van der Waals surface area contributed by atoms with Crippen LogP contribution in [-0.4, -0.2) is 16.5 Å². The first-order valence-electron chi connectivity index (χ1n) is 6.79. The van der Waals surface area contributed by atoms with E-state index in [4.69, 9.17) is 16.3 Å². The zero-order valence-electron chi connectivity index (χ0n) is 12.5. The van der Waals surface area contributed by atoms with Crippen LogP contribution in [0.25, 0.3) is 5.65 Å². The van der Waals surface area contributed by atoms with Gasteiger partial charge < -0.3 is 4.74 Å². The number of benzene rings is 1. The van der Waals surface area contributed by atoms with Crippen LogP contribution in [0.5, 0.6) is 5.75 Å². The molecule has 112 valence electrons. The number of hydrogen-bond acceptors (Lipinski definition) is 4. The van der Waals surface area contributed by atoms with Crippen LogP contribution in [0.2, 0.25) is 5.02 Å². The van der Waals surface area contributed by atoms with Crippen molar-refractivity contribution in [3.63, 3.8) is 0 Å². The molecule has 0 N–H and O–H groups in total. The third-order valence-electron chi connectivity index (χ3n) is 3.38. The van der Waals surface area contributed by atoms with Gasteiger partial charge in [-0.25, -0.2) is 4.98 Å². The Hall–Kier alpha value is -2.40. The summed E-state index contributed by atoms with van der Waals surface area (Å²) in [5.41, 5.74) is 3.22. The maximum Gasteiger partial charge on any atom is 0.182 e. The van der Waals surface area contributed by atoms with Gasteiger partial charge >= 0.3 is 0 Å². The van der Waals surface area contributed by atoms with Gasteiger partial charge in [-0.05, 0) is 37.6 Å². The van der Waals surface area contributed by atoms with Crippen LogP contribution < -0.4 is 4.74 Å². The second-order valence-corrected chi connectivity index (χ2v) is 5.33. The quantitative estimate of drug-likeness (QED) is 0.637. The molecule has 0 spiro atoms. The molecule has 2 aromatic heterocycles. The minimum Gasteiger partial charge on any atom is -0.494 e. The second-order valence-electron chi connectivity index (χ2n) is 4.92. The number of ether oxygens (including phenoxy) is 1. The molecule has 0 saturated heterocycles. The van der Waals surface area contributed by atoms with Crippen molar-refractivity contribution in [2.45, 2.75) is 13.8 Å². The molecule has 0 atom stereocenters. The zero-order chi connectivity index (χ0) is 15.7. The number of hydrogen-bond donors (Lipinski definition) is 0. The molecule has 0 unspecified atom stereocenters. The molecule has 0 aliphatic carbocycles. The first-order chi connectivity index (χ1) is 10.6. The highest BCUT2D eigenvalue weighted by molar-refractivity contribution is 6.31. The third kappa shape index (κ3) is 2.55. The van der Waals surface area contributed by atoms with E-state index < -0.39 is 0 Å². The fourth-order valence-electron chi connectivity index (χ4n) is 2.21. The number of azo groups is 1.